The molecule has 0 atom stereocenters. The van der Waals surface area contributed by atoms with Crippen LogP contribution in [0.25, 0.3) is 0 Å². The van der Waals surface area contributed by atoms with Crippen molar-refractivity contribution >= 4 is 5.97 Å². The number of rotatable bonds is 12. The van der Waals surface area contributed by atoms with Crippen molar-refractivity contribution in [1.82, 2.24) is 10.3 Å². The Kier molecular flexibility index (Phi) is 8.83. The van der Waals surface area contributed by atoms with Gasteiger partial charge < -0.3 is 15.2 Å². The summed E-state index contributed by atoms with van der Waals surface area (Å²) < 4.78 is 5.71. The highest BCUT2D eigenvalue weighted by molar-refractivity contribution is 5.80. The van der Waals surface area contributed by atoms with E-state index in [1.807, 2.05) is 54.7 Å². The van der Waals surface area contributed by atoms with Gasteiger partial charge in [-0.3, -0.25) is 4.98 Å². The molecule has 0 radical (unpaired) electrons. The maximum absolute atomic E-state index is 11.2. The molecule has 5 nitrogen and oxygen atoms in total. The second-order valence-corrected chi connectivity index (χ2v) is 7.26. The molecule has 0 amide bonds. The fourth-order valence-corrected chi connectivity index (χ4v) is 3.48. The number of benzene rings is 2. The zero-order chi connectivity index (χ0) is 21.7. The van der Waals surface area contributed by atoms with Crippen molar-refractivity contribution in [2.45, 2.75) is 18.8 Å². The second-order valence-electron chi connectivity index (χ2n) is 7.26. The van der Waals surface area contributed by atoms with E-state index in [1.54, 1.807) is 6.20 Å². The molecule has 0 spiro atoms. The molecule has 2 N–H and O–H groups in total. The van der Waals surface area contributed by atoms with Crippen LogP contribution in [0.2, 0.25) is 0 Å². The van der Waals surface area contributed by atoms with Crippen LogP contribution in [0.1, 0.15) is 29.0 Å². The molecule has 3 rings (SSSR count). The first-order chi connectivity index (χ1) is 15.2. The minimum Gasteiger partial charge on any atom is -0.478 e. The number of ether oxygens (including phenoxy) is 1. The van der Waals surface area contributed by atoms with Crippen molar-refractivity contribution in [3.05, 3.63) is 114 Å². The van der Waals surface area contributed by atoms with Crippen molar-refractivity contribution in [2.75, 3.05) is 19.8 Å². The van der Waals surface area contributed by atoms with Gasteiger partial charge in [-0.15, -0.1) is 0 Å². The molecule has 2 aromatic carbocycles. The predicted molar refractivity (Wildman–Crippen MR) is 122 cm³/mol. The number of carboxylic acids is 1. The Labute approximate surface area is 183 Å². The van der Waals surface area contributed by atoms with Gasteiger partial charge >= 0.3 is 5.97 Å². The molecule has 0 unspecified atom stereocenters. The third kappa shape index (κ3) is 7.72. The average Bonchev–Trinajstić information content (AvgIpc) is 2.81. The monoisotopic (exact) mass is 416 g/mol. The lowest BCUT2D eigenvalue weighted by atomic mass is 9.88. The predicted octanol–water partition coefficient (Wildman–Crippen LogP) is 4.42. The summed E-state index contributed by atoms with van der Waals surface area (Å²) in [5.41, 5.74) is 4.14. The van der Waals surface area contributed by atoms with E-state index in [0.29, 0.717) is 18.8 Å². The lowest BCUT2D eigenvalue weighted by Gasteiger charge is -2.19. The van der Waals surface area contributed by atoms with Crippen molar-refractivity contribution in [1.29, 1.82) is 0 Å². The molecule has 0 fully saturated rings. The standard InChI is InChI=1S/C26H28N2O3/c29-26(30)18-24(20-31-17-14-21-8-7-15-27-19-21)28-16-13-25(22-9-3-1-4-10-22)23-11-5-2-6-12-23/h1-12,15,18-19,25,28H,13-14,16-17,20H2,(H,29,30). The second kappa shape index (κ2) is 12.3. The highest BCUT2D eigenvalue weighted by atomic mass is 16.5. The summed E-state index contributed by atoms with van der Waals surface area (Å²) in [6.07, 6.45) is 6.30. The number of pyridine rings is 1. The number of hydrogen-bond acceptors (Lipinski definition) is 4. The molecule has 0 aliphatic rings. The first-order valence-corrected chi connectivity index (χ1v) is 10.5. The number of nitrogens with zero attached hydrogens (tertiary/aromatic N) is 1. The molecule has 3 aromatic rings. The minimum absolute atomic E-state index is 0.229. The summed E-state index contributed by atoms with van der Waals surface area (Å²) in [6, 6.07) is 24.6. The van der Waals surface area contributed by atoms with Crippen LogP contribution < -0.4 is 5.32 Å². The lowest BCUT2D eigenvalue weighted by Crippen LogP contribution is -2.22. The topological polar surface area (TPSA) is 71.5 Å². The van der Waals surface area contributed by atoms with E-state index in [4.69, 9.17) is 4.74 Å². The van der Waals surface area contributed by atoms with Gasteiger partial charge in [0.25, 0.3) is 0 Å². The maximum atomic E-state index is 11.2. The van der Waals surface area contributed by atoms with E-state index in [2.05, 4.69) is 34.6 Å². The summed E-state index contributed by atoms with van der Waals surface area (Å²) in [5, 5.41) is 12.5. The van der Waals surface area contributed by atoms with Crippen molar-refractivity contribution in [3.8, 4) is 0 Å². The van der Waals surface area contributed by atoms with Crippen LogP contribution in [0.4, 0.5) is 0 Å². The number of carboxylic acid groups (broad SMARTS) is 1. The summed E-state index contributed by atoms with van der Waals surface area (Å²) in [5.74, 6) is -0.756. The Balaban J connectivity index is 1.55. The number of nitrogens with one attached hydrogen (secondary N) is 1. The normalized spacial score (nSPS) is 11.5. The van der Waals surface area contributed by atoms with Crippen molar-refractivity contribution < 1.29 is 14.6 Å². The van der Waals surface area contributed by atoms with E-state index in [0.717, 1.165) is 18.4 Å². The molecule has 0 aliphatic heterocycles. The first kappa shape index (κ1) is 22.2. The summed E-state index contributed by atoms with van der Waals surface area (Å²) in [7, 11) is 0. The van der Waals surface area contributed by atoms with Gasteiger partial charge in [0.05, 0.1) is 13.2 Å². The molecule has 1 aromatic heterocycles. The van der Waals surface area contributed by atoms with Gasteiger partial charge in [-0.25, -0.2) is 4.79 Å². The first-order valence-electron chi connectivity index (χ1n) is 10.5. The highest BCUT2D eigenvalue weighted by Crippen LogP contribution is 2.27. The lowest BCUT2D eigenvalue weighted by molar-refractivity contribution is -0.131. The van der Waals surface area contributed by atoms with Crippen LogP contribution in [-0.4, -0.2) is 35.8 Å². The third-order valence-corrected chi connectivity index (χ3v) is 5.00. The fourth-order valence-electron chi connectivity index (χ4n) is 3.48. The van der Waals surface area contributed by atoms with Crippen LogP contribution in [0.3, 0.4) is 0 Å². The minimum atomic E-state index is -0.985. The SMILES string of the molecule is O=C(O)C=C(COCCc1cccnc1)NCCC(c1ccccc1)c1ccccc1. The van der Waals surface area contributed by atoms with E-state index < -0.39 is 5.97 Å². The summed E-state index contributed by atoms with van der Waals surface area (Å²) >= 11 is 0. The van der Waals surface area contributed by atoms with Crippen LogP contribution in [-0.2, 0) is 16.0 Å². The molecule has 0 saturated carbocycles. The third-order valence-electron chi connectivity index (χ3n) is 5.00. The van der Waals surface area contributed by atoms with Crippen LogP contribution >= 0.6 is 0 Å². The smallest absolute Gasteiger partial charge is 0.330 e. The van der Waals surface area contributed by atoms with Gasteiger partial charge in [0.2, 0.25) is 0 Å². The molecular formula is C26H28N2O3. The quantitative estimate of drug-likeness (QED) is 0.338. The Bertz CT molecular complexity index is 905. The molecule has 5 heteroatoms. The number of aliphatic carboxylic acids is 1. The molecule has 0 saturated heterocycles. The Morgan fingerprint density at radius 3 is 2.26 bits per heavy atom. The van der Waals surface area contributed by atoms with Crippen LogP contribution in [0.15, 0.2) is 97.0 Å². The average molecular weight is 417 g/mol. The summed E-state index contributed by atoms with van der Waals surface area (Å²) in [4.78, 5) is 15.3. The molecule has 1 heterocycles. The van der Waals surface area contributed by atoms with Crippen LogP contribution in [0, 0.1) is 0 Å². The Morgan fingerprint density at radius 1 is 1.00 bits per heavy atom. The summed E-state index contributed by atoms with van der Waals surface area (Å²) in [6.45, 7) is 1.37. The van der Waals surface area contributed by atoms with Gasteiger partial charge in [-0.05, 0) is 35.6 Å². The largest absolute Gasteiger partial charge is 0.478 e. The van der Waals surface area contributed by atoms with Crippen molar-refractivity contribution in [2.24, 2.45) is 0 Å². The van der Waals surface area contributed by atoms with E-state index in [1.165, 1.54) is 17.2 Å². The zero-order valence-corrected chi connectivity index (χ0v) is 17.5. The molecular weight excluding hydrogens is 388 g/mol. The van der Waals surface area contributed by atoms with Gasteiger partial charge in [0.1, 0.15) is 0 Å². The fraction of sp³-hybridized carbons (Fsp3) is 0.231. The molecule has 160 valence electrons. The highest BCUT2D eigenvalue weighted by Gasteiger charge is 2.14. The number of carbonyl (C=O) groups is 1. The van der Waals surface area contributed by atoms with Gasteiger partial charge in [0.15, 0.2) is 0 Å². The van der Waals surface area contributed by atoms with E-state index >= 15 is 0 Å². The van der Waals surface area contributed by atoms with Crippen molar-refractivity contribution in [3.63, 3.8) is 0 Å². The van der Waals surface area contributed by atoms with E-state index in [-0.39, 0.29) is 12.5 Å². The molecule has 31 heavy (non-hydrogen) atoms. The van der Waals surface area contributed by atoms with Gasteiger partial charge in [0, 0.05) is 36.6 Å². The maximum Gasteiger partial charge on any atom is 0.330 e. The van der Waals surface area contributed by atoms with Gasteiger partial charge in [-0.1, -0.05) is 66.7 Å². The number of hydrogen-bond donors (Lipinski definition) is 2. The number of aromatic nitrogens is 1. The zero-order valence-electron chi connectivity index (χ0n) is 17.5. The van der Waals surface area contributed by atoms with E-state index in [9.17, 15) is 9.90 Å². The van der Waals surface area contributed by atoms with Gasteiger partial charge in [-0.2, -0.15) is 0 Å². The molecule has 0 bridgehead atoms. The molecule has 0 aliphatic carbocycles. The Hall–Kier alpha value is -3.44. The van der Waals surface area contributed by atoms with Crippen LogP contribution in [0.5, 0.6) is 0 Å². The Morgan fingerprint density at radius 2 is 1.68 bits per heavy atom.